The number of hydrogen-bond donors (Lipinski definition) is 0. The second kappa shape index (κ2) is 27.0. The molecule has 4 heteroatoms. The van der Waals surface area contributed by atoms with Gasteiger partial charge < -0.3 is 11.0 Å². The summed E-state index contributed by atoms with van der Waals surface area (Å²) in [6, 6.07) is 0. The molecule has 0 atom stereocenters. The summed E-state index contributed by atoms with van der Waals surface area (Å²) in [4.78, 5) is 0. The second-order valence-electron chi connectivity index (χ2n) is 0. The summed E-state index contributed by atoms with van der Waals surface area (Å²) >= 11 is 0. The van der Waals surface area contributed by atoms with Gasteiger partial charge in [-0.3, -0.25) is 0 Å². The maximum Gasteiger partial charge on any atom is 4.00 e. The molecule has 0 saturated carbocycles. The molecule has 0 saturated heterocycles. The molecule has 0 spiro atoms. The second-order valence-corrected chi connectivity index (χ2v) is 0. The van der Waals surface area contributed by atoms with Crippen LogP contribution in [0, 0.1) is 0 Å². The van der Waals surface area contributed by atoms with Crippen LogP contribution in [0.15, 0.2) is 0 Å². The Hall–Kier alpha value is 1.34. The van der Waals surface area contributed by atoms with Crippen molar-refractivity contribution < 1.29 is 54.5 Å². The molecule has 0 aliphatic rings. The molecule has 0 fully saturated rings. The summed E-state index contributed by atoms with van der Waals surface area (Å²) < 4.78 is 0. The van der Waals surface area contributed by atoms with Crippen molar-refractivity contribution in [3.05, 3.63) is 0 Å². The molecular weight excluding hydrogens is 175 g/mol. The van der Waals surface area contributed by atoms with Gasteiger partial charge in [0.15, 0.2) is 0 Å². The molecule has 0 aromatic carbocycles. The van der Waals surface area contributed by atoms with Crippen LogP contribution >= 0.6 is 0 Å². The maximum absolute atomic E-state index is 0. The zero-order valence-corrected chi connectivity index (χ0v) is 5.46. The fourth-order valence-corrected chi connectivity index (χ4v) is 0. The molecule has 0 heterocycles. The first kappa shape index (κ1) is 56.2. The molecule has 1 radical (unpaired) electrons. The maximum atomic E-state index is 0. The van der Waals surface area contributed by atoms with Crippen LogP contribution in [0.5, 0.6) is 0 Å². The molecule has 0 aromatic rings. The van der Waals surface area contributed by atoms with Crippen molar-refractivity contribution in [3.8, 4) is 0 Å². The molecule has 0 aliphatic heterocycles. The van der Waals surface area contributed by atoms with Crippen molar-refractivity contribution in [1.29, 1.82) is 0 Å². The molecule has 4 heavy (non-hydrogen) atoms. The molecule has 19 valence electrons. The first-order valence-corrected chi connectivity index (χ1v) is 0. The van der Waals surface area contributed by atoms with Gasteiger partial charge in [-0.1, -0.05) is 0 Å². The van der Waals surface area contributed by atoms with E-state index in [0.717, 1.165) is 0 Å². The summed E-state index contributed by atoms with van der Waals surface area (Å²) in [6.07, 6.45) is 0. The van der Waals surface area contributed by atoms with E-state index in [1.807, 2.05) is 0 Å². The van der Waals surface area contributed by atoms with Gasteiger partial charge in [0.2, 0.25) is 0 Å². The van der Waals surface area contributed by atoms with Gasteiger partial charge in [-0.15, -0.1) is 0 Å². The number of rotatable bonds is 0. The van der Waals surface area contributed by atoms with Gasteiger partial charge in [0.1, 0.15) is 0 Å². The molecule has 0 aliphatic carbocycles. The monoisotopic (exact) mass is 174 g/mol. The summed E-state index contributed by atoms with van der Waals surface area (Å²) in [5.41, 5.74) is 0. The first-order valence-electron chi connectivity index (χ1n) is 0. The Bertz CT molecular complexity index is 6.00. The minimum absolute atomic E-state index is 0. The summed E-state index contributed by atoms with van der Waals surface area (Å²) in [5, 5.41) is 0. The zero-order chi connectivity index (χ0) is 0. The Kier molecular flexibility index (Phi) is 380. The van der Waals surface area contributed by atoms with Gasteiger partial charge >= 0.3 is 43.6 Å². The smallest absolute Gasteiger partial charge is 2.00 e. The average Bonchev–Trinajstić information content (AvgIpc) is 0. The predicted octanol–water partition coefficient (Wildman–Crippen LogP) is -0.243. The topological polar surface area (TPSA) is 57.0 Å². The van der Waals surface area contributed by atoms with Crippen LogP contribution in [0.25, 0.3) is 0 Å². The van der Waals surface area contributed by atoms with Gasteiger partial charge in [-0.05, 0) is 0 Å². The third kappa shape index (κ3) is 10.2. The van der Waals surface area contributed by atoms with E-state index >= 15 is 0 Å². The van der Waals surface area contributed by atoms with Crippen molar-refractivity contribution >= 4 is 0 Å². The number of hydrogen-bond acceptors (Lipinski definition) is 0. The van der Waals surface area contributed by atoms with Gasteiger partial charge in [0, 0.05) is 0 Å². The van der Waals surface area contributed by atoms with Crippen LogP contribution in [0.3, 0.4) is 0 Å². The first-order chi connectivity index (χ1) is 0. The Balaban J connectivity index is 0. The van der Waals surface area contributed by atoms with Crippen molar-refractivity contribution in [2.45, 2.75) is 0 Å². The Morgan fingerprint density at radius 1 is 0.750 bits per heavy atom. The van der Waals surface area contributed by atoms with Crippen LogP contribution in [-0.2, 0) is 54.5 Å². The Morgan fingerprint density at radius 2 is 0.750 bits per heavy atom. The van der Waals surface area contributed by atoms with E-state index in [2.05, 4.69) is 0 Å². The van der Waals surface area contributed by atoms with E-state index in [1.165, 1.54) is 0 Å². The molecule has 0 N–H and O–H groups in total. The van der Waals surface area contributed by atoms with Crippen molar-refractivity contribution in [2.75, 3.05) is 0 Å². The van der Waals surface area contributed by atoms with Gasteiger partial charge in [-0.25, -0.2) is 0 Å². The predicted molar refractivity (Wildman–Crippen MR) is 1.37 cm³/mol. The third-order valence-corrected chi connectivity index (χ3v) is 0. The largest absolute Gasteiger partial charge is 4.00 e. The van der Waals surface area contributed by atoms with E-state index in [4.69, 9.17) is 0 Å². The summed E-state index contributed by atoms with van der Waals surface area (Å²) in [5.74, 6) is 0. The van der Waals surface area contributed by atoms with E-state index < -0.39 is 0 Å². The Morgan fingerprint density at radius 3 is 0.750 bits per heavy atom. The quantitative estimate of drug-likeness (QED) is 0.488. The van der Waals surface area contributed by atoms with Crippen molar-refractivity contribution in [3.63, 3.8) is 0 Å². The van der Waals surface area contributed by atoms with E-state index in [9.17, 15) is 0 Å². The molecule has 2 nitrogen and oxygen atoms in total. The summed E-state index contributed by atoms with van der Waals surface area (Å²) in [6.45, 7) is 0. The molecule has 0 bridgehead atoms. The fourth-order valence-electron chi connectivity index (χ4n) is 0. The van der Waals surface area contributed by atoms with E-state index in [1.54, 1.807) is 0 Å². The zero-order valence-electron chi connectivity index (χ0n) is 1.72. The Labute approximate surface area is 54.5 Å². The normalized spacial score (nSPS) is 0. The van der Waals surface area contributed by atoms with E-state index in [0.29, 0.717) is 0 Å². The minimum atomic E-state index is 0. The van der Waals surface area contributed by atoms with Crippen molar-refractivity contribution in [2.24, 2.45) is 0 Å². The summed E-state index contributed by atoms with van der Waals surface area (Å²) in [7, 11) is 0. The van der Waals surface area contributed by atoms with Crippen molar-refractivity contribution in [1.82, 2.24) is 0 Å². The third-order valence-electron chi connectivity index (χ3n) is 0. The van der Waals surface area contributed by atoms with Gasteiger partial charge in [0.05, 0.1) is 0 Å². The van der Waals surface area contributed by atoms with Gasteiger partial charge in [-0.2, -0.15) is 0 Å². The SMILES string of the molecule is [Cr+3].[O-2].[O-2].[Zr+4]. The van der Waals surface area contributed by atoms with Gasteiger partial charge in [0.25, 0.3) is 0 Å². The molecule has 0 amide bonds. The van der Waals surface area contributed by atoms with Crippen LogP contribution in [0.2, 0.25) is 0 Å². The average molecular weight is 175 g/mol. The van der Waals surface area contributed by atoms with E-state index in [-0.39, 0.29) is 54.5 Å². The minimum Gasteiger partial charge on any atom is -2.00 e. The van der Waals surface area contributed by atoms with Crippen LogP contribution < -0.4 is 0 Å². The molecular formula is CrO2Zr+3. The van der Waals surface area contributed by atoms with Crippen LogP contribution in [0.4, 0.5) is 0 Å². The molecule has 0 aromatic heterocycles. The standard InChI is InChI=1S/Cr.2O.Zr/q+3;2*-2;+4. The molecule has 0 rings (SSSR count). The van der Waals surface area contributed by atoms with Crippen LogP contribution in [-0.4, -0.2) is 0 Å². The fraction of sp³-hybridized carbons (Fsp3) is 0. The molecule has 0 unspecified atom stereocenters. The van der Waals surface area contributed by atoms with Crippen LogP contribution in [0.1, 0.15) is 0 Å².